The van der Waals surface area contributed by atoms with E-state index in [2.05, 4.69) is 32.4 Å². The Balaban J connectivity index is 0.000000383. The summed E-state index contributed by atoms with van der Waals surface area (Å²) in [6.45, 7) is 4.72. The largest absolute Gasteiger partial charge is 0.490 e. The van der Waals surface area contributed by atoms with Gasteiger partial charge in [0.1, 0.15) is 0 Å². The van der Waals surface area contributed by atoms with Crippen LogP contribution in [-0.2, 0) is 11.2 Å². The molecular weight excluding hydrogens is 449 g/mol. The molecule has 3 heterocycles. The zero-order valence-corrected chi connectivity index (χ0v) is 17.4. The van der Waals surface area contributed by atoms with Crippen LogP contribution in [0.25, 0.3) is 16.9 Å². The Morgan fingerprint density at radius 3 is 2.52 bits per heavy atom. The smallest absolute Gasteiger partial charge is 0.475 e. The summed E-state index contributed by atoms with van der Waals surface area (Å²) in [6.07, 6.45) is -5.25. The number of fused-ring (bicyclic) bond motifs is 1. The van der Waals surface area contributed by atoms with E-state index in [1.165, 1.54) is 0 Å². The molecule has 14 heteroatoms. The summed E-state index contributed by atoms with van der Waals surface area (Å²) in [5, 5.41) is 27.9. The lowest BCUT2D eigenvalue weighted by molar-refractivity contribution is -0.192. The van der Waals surface area contributed by atoms with Crippen LogP contribution in [-0.4, -0.2) is 79.5 Å². The van der Waals surface area contributed by atoms with Crippen LogP contribution in [0.15, 0.2) is 28.8 Å². The van der Waals surface area contributed by atoms with E-state index in [1.807, 2.05) is 24.3 Å². The number of hydrogen-bond acceptors (Lipinski definition) is 7. The zero-order chi connectivity index (χ0) is 24.2. The van der Waals surface area contributed by atoms with Gasteiger partial charge in [-0.2, -0.15) is 27.9 Å². The number of aromatic nitrogens is 4. The fourth-order valence-corrected chi connectivity index (χ4v) is 3.25. The number of aryl methyl sites for hydroxylation is 1. The molecule has 0 spiro atoms. The average Bonchev–Trinajstić information content (AvgIpc) is 3.33. The summed E-state index contributed by atoms with van der Waals surface area (Å²) in [7, 11) is 0. The predicted molar refractivity (Wildman–Crippen MR) is 107 cm³/mol. The van der Waals surface area contributed by atoms with Gasteiger partial charge in [0.05, 0.1) is 17.1 Å². The van der Waals surface area contributed by atoms with E-state index in [4.69, 9.17) is 19.5 Å². The van der Waals surface area contributed by atoms with E-state index in [9.17, 15) is 18.0 Å². The van der Waals surface area contributed by atoms with E-state index >= 15 is 0 Å². The van der Waals surface area contributed by atoms with Crippen molar-refractivity contribution in [2.45, 2.75) is 25.4 Å². The van der Waals surface area contributed by atoms with Gasteiger partial charge < -0.3 is 20.1 Å². The summed E-state index contributed by atoms with van der Waals surface area (Å²) in [4.78, 5) is 26.0. The van der Waals surface area contributed by atoms with Crippen LogP contribution < -0.4 is 5.32 Å². The van der Waals surface area contributed by atoms with Crippen LogP contribution in [0, 0.1) is 0 Å². The minimum absolute atomic E-state index is 0.175. The molecule has 3 N–H and O–H groups in total. The first-order valence-corrected chi connectivity index (χ1v) is 9.90. The number of carbonyl (C=O) groups is 2. The molecule has 0 unspecified atom stereocenters. The van der Waals surface area contributed by atoms with E-state index in [1.54, 1.807) is 4.68 Å². The highest BCUT2D eigenvalue weighted by Gasteiger charge is 2.38. The second-order valence-electron chi connectivity index (χ2n) is 7.15. The molecule has 0 radical (unpaired) electrons. The van der Waals surface area contributed by atoms with Gasteiger partial charge >= 0.3 is 18.2 Å². The van der Waals surface area contributed by atoms with Gasteiger partial charge in [0.25, 0.3) is 5.95 Å². The SMILES string of the molecule is CCc1nn(-c2noc(C3CN(CCNC(=O)O)C3)n2)c2ccccc12.O=C(O)C(F)(F)F. The Hall–Kier alpha value is -3.68. The maximum atomic E-state index is 10.6. The molecule has 0 saturated carbocycles. The van der Waals surface area contributed by atoms with Crippen molar-refractivity contribution < 1.29 is 37.5 Å². The van der Waals surface area contributed by atoms with Gasteiger partial charge in [0.15, 0.2) is 0 Å². The van der Waals surface area contributed by atoms with Crippen LogP contribution in [0.4, 0.5) is 18.0 Å². The fourth-order valence-electron chi connectivity index (χ4n) is 3.25. The maximum absolute atomic E-state index is 10.6. The highest BCUT2D eigenvalue weighted by molar-refractivity contribution is 5.83. The molecule has 1 fully saturated rings. The van der Waals surface area contributed by atoms with E-state index in [0.717, 1.165) is 36.1 Å². The third kappa shape index (κ3) is 5.77. The first-order chi connectivity index (χ1) is 15.6. The number of rotatable bonds is 6. The predicted octanol–water partition coefficient (Wildman–Crippen LogP) is 2.27. The number of nitrogens with zero attached hydrogens (tertiary/aromatic N) is 5. The van der Waals surface area contributed by atoms with Gasteiger partial charge in [-0.3, -0.25) is 4.90 Å². The van der Waals surface area contributed by atoms with Gasteiger partial charge in [0, 0.05) is 31.6 Å². The number of carboxylic acid groups (broad SMARTS) is 2. The average molecular weight is 470 g/mol. The van der Waals surface area contributed by atoms with E-state index in [-0.39, 0.29) is 5.92 Å². The molecule has 2 aromatic heterocycles. The second kappa shape index (κ2) is 9.85. The van der Waals surface area contributed by atoms with Crippen molar-refractivity contribution in [3.8, 4) is 5.95 Å². The Bertz CT molecular complexity index is 1120. The number of alkyl halides is 3. The van der Waals surface area contributed by atoms with Crippen molar-refractivity contribution >= 4 is 23.0 Å². The molecule has 0 bridgehead atoms. The minimum Gasteiger partial charge on any atom is -0.475 e. The van der Waals surface area contributed by atoms with Crippen molar-refractivity contribution in [2.75, 3.05) is 26.2 Å². The lowest BCUT2D eigenvalue weighted by atomic mass is 10.0. The number of para-hydroxylation sites is 1. The first kappa shape index (κ1) is 24.0. The van der Waals surface area contributed by atoms with Crippen molar-refractivity contribution in [3.05, 3.63) is 35.9 Å². The van der Waals surface area contributed by atoms with Gasteiger partial charge in [-0.1, -0.05) is 25.1 Å². The number of halogens is 3. The summed E-state index contributed by atoms with van der Waals surface area (Å²) in [5.41, 5.74) is 1.97. The van der Waals surface area contributed by atoms with Crippen molar-refractivity contribution in [1.82, 2.24) is 30.1 Å². The first-order valence-electron chi connectivity index (χ1n) is 9.90. The van der Waals surface area contributed by atoms with Crippen LogP contribution in [0.1, 0.15) is 24.4 Å². The molecule has 1 saturated heterocycles. The standard InChI is InChI=1S/C17H20N6O3.C2HF3O2/c1-2-13-12-5-3-4-6-14(12)23(20-13)16-19-15(26-21-16)11-9-22(10-11)8-7-18-17(24)25;3-2(4,5)1(6)7/h3-6,11,18H,2,7-10H2,1H3,(H,24,25);(H,6,7). The van der Waals surface area contributed by atoms with Gasteiger partial charge in [0.2, 0.25) is 5.89 Å². The Kier molecular flexibility index (Phi) is 7.16. The van der Waals surface area contributed by atoms with Gasteiger partial charge in [-0.25, -0.2) is 9.59 Å². The third-order valence-corrected chi connectivity index (χ3v) is 4.87. The highest BCUT2D eigenvalue weighted by Crippen LogP contribution is 2.27. The molecule has 0 aliphatic carbocycles. The molecule has 11 nitrogen and oxygen atoms in total. The van der Waals surface area contributed by atoms with Crippen molar-refractivity contribution in [3.63, 3.8) is 0 Å². The van der Waals surface area contributed by atoms with E-state index in [0.29, 0.717) is 24.9 Å². The lowest BCUT2D eigenvalue weighted by Crippen LogP contribution is -2.48. The topological polar surface area (TPSA) is 147 Å². The number of likely N-dealkylation sites (tertiary alicyclic amines) is 1. The number of benzene rings is 1. The zero-order valence-electron chi connectivity index (χ0n) is 17.4. The number of nitrogens with one attached hydrogen (secondary N) is 1. The molecule has 4 rings (SSSR count). The lowest BCUT2D eigenvalue weighted by Gasteiger charge is -2.36. The van der Waals surface area contributed by atoms with E-state index < -0.39 is 18.2 Å². The monoisotopic (exact) mass is 470 g/mol. The van der Waals surface area contributed by atoms with Gasteiger partial charge in [-0.15, -0.1) is 0 Å². The fraction of sp³-hybridized carbons (Fsp3) is 0.421. The normalized spacial score (nSPS) is 14.4. The Morgan fingerprint density at radius 2 is 1.91 bits per heavy atom. The van der Waals surface area contributed by atoms with Crippen LogP contribution in [0.3, 0.4) is 0 Å². The summed E-state index contributed by atoms with van der Waals surface area (Å²) in [5.74, 6) is -1.54. The quantitative estimate of drug-likeness (QED) is 0.494. The summed E-state index contributed by atoms with van der Waals surface area (Å²) >= 11 is 0. The maximum Gasteiger partial charge on any atom is 0.490 e. The Morgan fingerprint density at radius 1 is 1.24 bits per heavy atom. The minimum atomic E-state index is -5.08. The number of amides is 1. The molecular formula is C19H21F3N6O5. The Labute approximate surface area is 184 Å². The summed E-state index contributed by atoms with van der Waals surface area (Å²) in [6, 6.07) is 8.01. The van der Waals surface area contributed by atoms with Crippen LogP contribution in [0.2, 0.25) is 0 Å². The van der Waals surface area contributed by atoms with Crippen LogP contribution >= 0.6 is 0 Å². The molecule has 1 amide bonds. The number of carboxylic acids is 1. The molecule has 3 aromatic rings. The molecule has 1 aromatic carbocycles. The molecule has 33 heavy (non-hydrogen) atoms. The van der Waals surface area contributed by atoms with Crippen molar-refractivity contribution in [1.29, 1.82) is 0 Å². The third-order valence-electron chi connectivity index (χ3n) is 4.87. The summed E-state index contributed by atoms with van der Waals surface area (Å²) < 4.78 is 38.9. The molecule has 1 aliphatic heterocycles. The molecule has 0 atom stereocenters. The number of hydrogen-bond donors (Lipinski definition) is 3. The van der Waals surface area contributed by atoms with Crippen LogP contribution in [0.5, 0.6) is 0 Å². The number of aliphatic carboxylic acids is 1. The van der Waals surface area contributed by atoms with Gasteiger partial charge in [-0.05, 0) is 17.6 Å². The molecule has 178 valence electrons. The second-order valence-corrected chi connectivity index (χ2v) is 7.15. The van der Waals surface area contributed by atoms with Crippen molar-refractivity contribution in [2.24, 2.45) is 0 Å². The molecule has 1 aliphatic rings. The highest BCUT2D eigenvalue weighted by atomic mass is 19.4.